The van der Waals surface area contributed by atoms with Crippen molar-refractivity contribution >= 4 is 11.8 Å². The minimum Gasteiger partial charge on any atom is -0.340 e. The maximum absolute atomic E-state index is 12.7. The second kappa shape index (κ2) is 5.93. The SMILES string of the molecule is CCCC(C)N1C(=O)C(C)(C)NC(=O)C1C(C)CC. The summed E-state index contributed by atoms with van der Waals surface area (Å²) < 4.78 is 0. The third kappa shape index (κ3) is 3.10. The molecule has 1 saturated heterocycles. The number of piperazine rings is 1. The zero-order chi connectivity index (χ0) is 14.8. The highest BCUT2D eigenvalue weighted by Gasteiger charge is 2.48. The van der Waals surface area contributed by atoms with Crippen LogP contribution in [0.15, 0.2) is 0 Å². The van der Waals surface area contributed by atoms with E-state index in [1.165, 1.54) is 0 Å². The maximum Gasteiger partial charge on any atom is 0.248 e. The van der Waals surface area contributed by atoms with Crippen molar-refractivity contribution in [2.75, 3.05) is 0 Å². The number of nitrogens with zero attached hydrogens (tertiary/aromatic N) is 1. The maximum atomic E-state index is 12.7. The second-order valence-electron chi connectivity index (χ2n) is 6.29. The highest BCUT2D eigenvalue weighted by atomic mass is 16.2. The molecule has 110 valence electrons. The van der Waals surface area contributed by atoms with Gasteiger partial charge in [-0.3, -0.25) is 9.59 Å². The van der Waals surface area contributed by atoms with Gasteiger partial charge in [0.05, 0.1) is 0 Å². The van der Waals surface area contributed by atoms with E-state index in [1.54, 1.807) is 13.8 Å². The highest BCUT2D eigenvalue weighted by molar-refractivity contribution is 5.99. The Morgan fingerprint density at radius 3 is 2.32 bits per heavy atom. The molecule has 0 bridgehead atoms. The van der Waals surface area contributed by atoms with Gasteiger partial charge in [-0.05, 0) is 33.1 Å². The van der Waals surface area contributed by atoms with E-state index in [-0.39, 0.29) is 29.8 Å². The van der Waals surface area contributed by atoms with E-state index < -0.39 is 5.54 Å². The molecule has 0 aromatic carbocycles. The first kappa shape index (κ1) is 16.0. The molecule has 0 aliphatic carbocycles. The van der Waals surface area contributed by atoms with Crippen molar-refractivity contribution < 1.29 is 9.59 Å². The van der Waals surface area contributed by atoms with Gasteiger partial charge in [-0.25, -0.2) is 0 Å². The van der Waals surface area contributed by atoms with Gasteiger partial charge in [0, 0.05) is 6.04 Å². The summed E-state index contributed by atoms with van der Waals surface area (Å²) in [6.07, 6.45) is 2.84. The van der Waals surface area contributed by atoms with Crippen LogP contribution in [0.25, 0.3) is 0 Å². The summed E-state index contributed by atoms with van der Waals surface area (Å²) in [6.45, 7) is 11.8. The van der Waals surface area contributed by atoms with Gasteiger partial charge >= 0.3 is 0 Å². The molecule has 3 atom stereocenters. The monoisotopic (exact) mass is 268 g/mol. The van der Waals surface area contributed by atoms with E-state index >= 15 is 0 Å². The van der Waals surface area contributed by atoms with Crippen molar-refractivity contribution in [2.24, 2.45) is 5.92 Å². The molecule has 2 amide bonds. The van der Waals surface area contributed by atoms with Crippen LogP contribution in [0.5, 0.6) is 0 Å². The van der Waals surface area contributed by atoms with Gasteiger partial charge in [-0.2, -0.15) is 0 Å². The summed E-state index contributed by atoms with van der Waals surface area (Å²) in [4.78, 5) is 26.9. The average Bonchev–Trinajstić information content (AvgIpc) is 2.32. The predicted molar refractivity (Wildman–Crippen MR) is 76.7 cm³/mol. The summed E-state index contributed by atoms with van der Waals surface area (Å²) in [5.41, 5.74) is -0.789. The lowest BCUT2D eigenvalue weighted by molar-refractivity contribution is -0.158. The first-order valence-corrected chi connectivity index (χ1v) is 7.41. The number of hydrogen-bond acceptors (Lipinski definition) is 2. The molecule has 1 N–H and O–H groups in total. The predicted octanol–water partition coefficient (Wildman–Crippen LogP) is 2.33. The molecule has 19 heavy (non-hydrogen) atoms. The van der Waals surface area contributed by atoms with Crippen LogP contribution in [-0.4, -0.2) is 34.3 Å². The summed E-state index contributed by atoms with van der Waals surface area (Å²) in [5.74, 6) is 0.208. The van der Waals surface area contributed by atoms with Gasteiger partial charge in [0.2, 0.25) is 11.8 Å². The van der Waals surface area contributed by atoms with Crippen molar-refractivity contribution in [3.8, 4) is 0 Å². The summed E-state index contributed by atoms with van der Waals surface area (Å²) in [6, 6.07) is -0.214. The van der Waals surface area contributed by atoms with E-state index in [2.05, 4.69) is 19.2 Å². The van der Waals surface area contributed by atoms with Crippen molar-refractivity contribution in [1.82, 2.24) is 10.2 Å². The quantitative estimate of drug-likeness (QED) is 0.832. The third-order valence-electron chi connectivity index (χ3n) is 4.14. The average molecular weight is 268 g/mol. The van der Waals surface area contributed by atoms with Gasteiger partial charge in [-0.1, -0.05) is 33.6 Å². The molecular formula is C15H28N2O2. The smallest absolute Gasteiger partial charge is 0.248 e. The number of amides is 2. The Morgan fingerprint density at radius 1 is 1.26 bits per heavy atom. The van der Waals surface area contributed by atoms with Crippen molar-refractivity contribution in [3.63, 3.8) is 0 Å². The molecule has 1 aliphatic rings. The molecular weight excluding hydrogens is 240 g/mol. The van der Waals surface area contributed by atoms with Crippen LogP contribution in [0, 0.1) is 5.92 Å². The number of hydrogen-bond donors (Lipinski definition) is 1. The number of carbonyl (C=O) groups excluding carboxylic acids is 2. The van der Waals surface area contributed by atoms with Crippen molar-refractivity contribution in [1.29, 1.82) is 0 Å². The third-order valence-corrected chi connectivity index (χ3v) is 4.14. The molecule has 0 saturated carbocycles. The molecule has 1 fully saturated rings. The van der Waals surface area contributed by atoms with E-state index in [0.29, 0.717) is 0 Å². The second-order valence-corrected chi connectivity index (χ2v) is 6.29. The molecule has 0 radical (unpaired) electrons. The van der Waals surface area contributed by atoms with Crippen LogP contribution < -0.4 is 5.32 Å². The van der Waals surface area contributed by atoms with E-state index in [9.17, 15) is 9.59 Å². The number of nitrogens with one attached hydrogen (secondary N) is 1. The molecule has 0 aromatic heterocycles. The van der Waals surface area contributed by atoms with Crippen LogP contribution in [0.3, 0.4) is 0 Å². The van der Waals surface area contributed by atoms with Gasteiger partial charge in [0.25, 0.3) is 0 Å². The fourth-order valence-corrected chi connectivity index (χ4v) is 2.80. The summed E-state index contributed by atoms with van der Waals surface area (Å²) in [5, 5.41) is 2.87. The standard InChI is InChI=1S/C15H28N2O2/c1-7-9-11(4)17-12(10(3)8-2)13(18)16-15(5,6)14(17)19/h10-12H,7-9H2,1-6H3,(H,16,18). The van der Waals surface area contributed by atoms with Crippen LogP contribution in [0.4, 0.5) is 0 Å². The Kier molecular flexibility index (Phi) is 4.99. The Morgan fingerprint density at radius 2 is 1.84 bits per heavy atom. The Bertz CT molecular complexity index is 352. The van der Waals surface area contributed by atoms with Gasteiger partial charge in [0.15, 0.2) is 0 Å². The molecule has 1 heterocycles. The van der Waals surface area contributed by atoms with Crippen LogP contribution in [0.2, 0.25) is 0 Å². The number of rotatable bonds is 5. The van der Waals surface area contributed by atoms with Gasteiger partial charge < -0.3 is 10.2 Å². The molecule has 1 rings (SSSR count). The fraction of sp³-hybridized carbons (Fsp3) is 0.867. The lowest BCUT2D eigenvalue weighted by Gasteiger charge is -2.47. The molecule has 4 nitrogen and oxygen atoms in total. The minimum absolute atomic E-state index is 0.0121. The largest absolute Gasteiger partial charge is 0.340 e. The zero-order valence-corrected chi connectivity index (χ0v) is 13.1. The molecule has 0 spiro atoms. The summed E-state index contributed by atoms with van der Waals surface area (Å²) in [7, 11) is 0. The fourth-order valence-electron chi connectivity index (χ4n) is 2.80. The van der Waals surface area contributed by atoms with Gasteiger partial charge in [-0.15, -0.1) is 0 Å². The topological polar surface area (TPSA) is 49.4 Å². The van der Waals surface area contributed by atoms with Crippen molar-refractivity contribution in [3.05, 3.63) is 0 Å². The lowest BCUT2D eigenvalue weighted by Crippen LogP contribution is -2.71. The zero-order valence-electron chi connectivity index (χ0n) is 13.1. The highest BCUT2D eigenvalue weighted by Crippen LogP contribution is 2.27. The normalized spacial score (nSPS) is 26.0. The Balaban J connectivity index is 3.12. The minimum atomic E-state index is -0.789. The van der Waals surface area contributed by atoms with E-state index in [4.69, 9.17) is 0 Å². The first-order valence-electron chi connectivity index (χ1n) is 7.41. The van der Waals surface area contributed by atoms with Crippen molar-refractivity contribution in [2.45, 2.75) is 78.4 Å². The van der Waals surface area contributed by atoms with Crippen LogP contribution >= 0.6 is 0 Å². The Hall–Kier alpha value is -1.06. The van der Waals surface area contributed by atoms with E-state index in [0.717, 1.165) is 19.3 Å². The lowest BCUT2D eigenvalue weighted by atomic mass is 9.87. The van der Waals surface area contributed by atoms with Gasteiger partial charge in [0.1, 0.15) is 11.6 Å². The van der Waals surface area contributed by atoms with Crippen LogP contribution in [0.1, 0.15) is 60.8 Å². The number of carbonyl (C=O) groups is 2. The van der Waals surface area contributed by atoms with E-state index in [1.807, 2.05) is 18.7 Å². The first-order chi connectivity index (χ1) is 8.76. The molecule has 4 heteroatoms. The van der Waals surface area contributed by atoms with Crippen LogP contribution in [-0.2, 0) is 9.59 Å². The molecule has 0 aromatic rings. The molecule has 3 unspecified atom stereocenters. The Labute approximate surface area is 116 Å². The molecule has 1 aliphatic heterocycles. The summed E-state index contributed by atoms with van der Waals surface area (Å²) >= 11 is 0.